The van der Waals surface area contributed by atoms with Gasteiger partial charge in [0.05, 0.1) is 25.7 Å². The average molecular weight is 561 g/mol. The molecule has 2 aliphatic heterocycles. The van der Waals surface area contributed by atoms with Crippen LogP contribution in [-0.2, 0) is 20.7 Å². The lowest BCUT2D eigenvalue weighted by Gasteiger charge is -2.34. The summed E-state index contributed by atoms with van der Waals surface area (Å²) in [6.07, 6.45) is -1.17. The van der Waals surface area contributed by atoms with E-state index < -0.39 is 53.3 Å². The molecule has 2 saturated heterocycles. The number of para-hydroxylation sites is 2. The summed E-state index contributed by atoms with van der Waals surface area (Å²) < 4.78 is 52.2. The van der Waals surface area contributed by atoms with Crippen molar-refractivity contribution < 1.29 is 37.3 Å². The van der Waals surface area contributed by atoms with Gasteiger partial charge in [0, 0.05) is 19.4 Å². The van der Waals surface area contributed by atoms with Gasteiger partial charge in [-0.25, -0.2) is 13.6 Å². The number of methoxy groups -OCH3 is 1. The Morgan fingerprint density at radius 1 is 1.07 bits per heavy atom. The van der Waals surface area contributed by atoms with E-state index in [2.05, 4.69) is 0 Å². The monoisotopic (exact) mass is 560 g/mol. The molecule has 10 heteroatoms. The van der Waals surface area contributed by atoms with Crippen LogP contribution in [0.15, 0.2) is 42.5 Å². The molecule has 40 heavy (non-hydrogen) atoms. The van der Waals surface area contributed by atoms with Crippen molar-refractivity contribution in [2.24, 2.45) is 0 Å². The van der Waals surface area contributed by atoms with Crippen molar-refractivity contribution in [3.05, 3.63) is 59.7 Å². The van der Waals surface area contributed by atoms with Gasteiger partial charge in [0.15, 0.2) is 11.5 Å². The Balaban J connectivity index is 1.71. The molecule has 218 valence electrons. The highest BCUT2D eigenvalue weighted by Gasteiger charge is 2.55. The number of amides is 2. The lowest BCUT2D eigenvalue weighted by atomic mass is 9.94. The summed E-state index contributed by atoms with van der Waals surface area (Å²) in [5, 5.41) is 0. The van der Waals surface area contributed by atoms with Crippen molar-refractivity contribution in [3.63, 3.8) is 0 Å². The lowest BCUT2D eigenvalue weighted by Crippen LogP contribution is -2.52. The summed E-state index contributed by atoms with van der Waals surface area (Å²) in [5.41, 5.74) is -1.40. The van der Waals surface area contributed by atoms with Gasteiger partial charge >= 0.3 is 6.09 Å². The molecule has 0 aromatic heterocycles. The fraction of sp³-hybridized carbons (Fsp3) is 0.533. The SMILES string of the molecule is COc1ccccc1OC1CC(C2OC(C)(C)N(C(C)=O)C2Cc2cc(F)cc(F)c2)N(C(=O)OC(C)(C)C)C1. The molecule has 0 aliphatic carbocycles. The third kappa shape index (κ3) is 6.49. The van der Waals surface area contributed by atoms with Crippen LogP contribution >= 0.6 is 0 Å². The fourth-order valence-electron chi connectivity index (χ4n) is 5.79. The molecule has 2 aromatic rings. The van der Waals surface area contributed by atoms with Gasteiger partial charge in [0.2, 0.25) is 5.91 Å². The molecule has 0 bridgehead atoms. The van der Waals surface area contributed by atoms with E-state index in [4.69, 9.17) is 18.9 Å². The number of hydrogen-bond donors (Lipinski definition) is 0. The Labute approximate surface area is 234 Å². The van der Waals surface area contributed by atoms with Crippen LogP contribution < -0.4 is 9.47 Å². The molecular formula is C30H38F2N2O6. The number of likely N-dealkylation sites (tertiary alicyclic amines) is 1. The highest BCUT2D eigenvalue weighted by Crippen LogP contribution is 2.41. The Morgan fingerprint density at radius 3 is 2.27 bits per heavy atom. The van der Waals surface area contributed by atoms with Crippen molar-refractivity contribution in [3.8, 4) is 11.5 Å². The molecule has 0 spiro atoms. The standard InChI is InChI=1S/C30H38F2N2O6/c1-18(35)34-24(14-19-12-20(31)15-21(32)13-19)27(39-30(34,5)6)23-16-22(17-33(23)28(36)40-29(2,3)4)38-26-11-9-8-10-25(26)37-7/h8-13,15,22-24,27H,14,16-17H2,1-7H3. The minimum Gasteiger partial charge on any atom is -0.493 e. The van der Waals surface area contributed by atoms with Crippen LogP contribution in [0.2, 0.25) is 0 Å². The highest BCUT2D eigenvalue weighted by molar-refractivity contribution is 5.75. The van der Waals surface area contributed by atoms with E-state index in [1.54, 1.807) is 63.7 Å². The van der Waals surface area contributed by atoms with Crippen molar-refractivity contribution in [2.45, 2.75) is 90.0 Å². The topological polar surface area (TPSA) is 77.5 Å². The molecule has 2 amide bonds. The third-order valence-electron chi connectivity index (χ3n) is 7.10. The molecule has 2 heterocycles. The quantitative estimate of drug-likeness (QED) is 0.476. The van der Waals surface area contributed by atoms with E-state index in [0.717, 1.165) is 6.07 Å². The molecule has 0 saturated carbocycles. The summed E-state index contributed by atoms with van der Waals surface area (Å²) >= 11 is 0. The first-order valence-electron chi connectivity index (χ1n) is 13.4. The minimum absolute atomic E-state index is 0.124. The molecule has 2 aliphatic rings. The molecule has 8 nitrogen and oxygen atoms in total. The Hall–Kier alpha value is -3.40. The molecule has 4 atom stereocenters. The van der Waals surface area contributed by atoms with Gasteiger partial charge in [-0.2, -0.15) is 0 Å². The van der Waals surface area contributed by atoms with Crippen LogP contribution in [0.1, 0.15) is 53.5 Å². The van der Waals surface area contributed by atoms with Gasteiger partial charge in [-0.05, 0) is 70.9 Å². The van der Waals surface area contributed by atoms with Crippen LogP contribution in [-0.4, -0.2) is 71.1 Å². The fourth-order valence-corrected chi connectivity index (χ4v) is 5.79. The first-order valence-corrected chi connectivity index (χ1v) is 13.4. The summed E-state index contributed by atoms with van der Waals surface area (Å²) in [7, 11) is 1.55. The molecule has 0 N–H and O–H groups in total. The van der Waals surface area contributed by atoms with Crippen molar-refractivity contribution >= 4 is 12.0 Å². The van der Waals surface area contributed by atoms with E-state index in [-0.39, 0.29) is 18.9 Å². The first kappa shape index (κ1) is 29.6. The predicted molar refractivity (Wildman–Crippen MR) is 144 cm³/mol. The van der Waals surface area contributed by atoms with Gasteiger partial charge in [0.25, 0.3) is 0 Å². The molecule has 2 aromatic carbocycles. The lowest BCUT2D eigenvalue weighted by molar-refractivity contribution is -0.145. The number of ether oxygens (including phenoxy) is 4. The summed E-state index contributed by atoms with van der Waals surface area (Å²) in [4.78, 5) is 29.5. The van der Waals surface area contributed by atoms with E-state index in [0.29, 0.717) is 23.5 Å². The number of carbonyl (C=O) groups is 2. The smallest absolute Gasteiger partial charge is 0.410 e. The number of rotatable bonds is 6. The number of halogens is 2. The van der Waals surface area contributed by atoms with Gasteiger partial charge < -0.3 is 23.8 Å². The second-order valence-corrected chi connectivity index (χ2v) is 11.8. The maximum Gasteiger partial charge on any atom is 0.410 e. The van der Waals surface area contributed by atoms with Crippen LogP contribution in [0.3, 0.4) is 0 Å². The highest BCUT2D eigenvalue weighted by atomic mass is 19.1. The first-order chi connectivity index (χ1) is 18.7. The van der Waals surface area contributed by atoms with Crippen molar-refractivity contribution in [2.75, 3.05) is 13.7 Å². The van der Waals surface area contributed by atoms with E-state index in [1.165, 1.54) is 19.1 Å². The van der Waals surface area contributed by atoms with Gasteiger partial charge in [-0.3, -0.25) is 9.69 Å². The number of carbonyl (C=O) groups excluding carboxylic acids is 2. The Bertz CT molecular complexity index is 1230. The van der Waals surface area contributed by atoms with Crippen molar-refractivity contribution in [1.29, 1.82) is 0 Å². The molecular weight excluding hydrogens is 522 g/mol. The van der Waals surface area contributed by atoms with Gasteiger partial charge in [-0.15, -0.1) is 0 Å². The van der Waals surface area contributed by atoms with Crippen LogP contribution in [0.5, 0.6) is 11.5 Å². The minimum atomic E-state index is -1.03. The van der Waals surface area contributed by atoms with Crippen LogP contribution in [0, 0.1) is 11.6 Å². The van der Waals surface area contributed by atoms with Crippen LogP contribution in [0.4, 0.5) is 13.6 Å². The Morgan fingerprint density at radius 2 is 1.70 bits per heavy atom. The summed E-state index contributed by atoms with van der Waals surface area (Å²) in [6.45, 7) is 10.5. The number of benzene rings is 2. The van der Waals surface area contributed by atoms with Crippen LogP contribution in [0.25, 0.3) is 0 Å². The second kappa shape index (κ2) is 11.2. The van der Waals surface area contributed by atoms with E-state index >= 15 is 0 Å². The number of nitrogens with zero attached hydrogens (tertiary/aromatic N) is 2. The van der Waals surface area contributed by atoms with Gasteiger partial charge in [-0.1, -0.05) is 12.1 Å². The number of hydrogen-bond acceptors (Lipinski definition) is 6. The second-order valence-electron chi connectivity index (χ2n) is 11.8. The predicted octanol–water partition coefficient (Wildman–Crippen LogP) is 5.32. The van der Waals surface area contributed by atoms with Crippen molar-refractivity contribution in [1.82, 2.24) is 9.80 Å². The zero-order valence-corrected chi connectivity index (χ0v) is 24.1. The molecule has 4 unspecified atom stereocenters. The Kier molecular flexibility index (Phi) is 8.31. The largest absolute Gasteiger partial charge is 0.493 e. The maximum absolute atomic E-state index is 14.1. The molecule has 4 rings (SSSR count). The van der Waals surface area contributed by atoms with E-state index in [1.807, 2.05) is 12.1 Å². The zero-order chi connectivity index (χ0) is 29.4. The maximum atomic E-state index is 14.1. The normalized spacial score (nSPS) is 24.2. The van der Waals surface area contributed by atoms with E-state index in [9.17, 15) is 18.4 Å². The third-order valence-corrected chi connectivity index (χ3v) is 7.10. The summed E-state index contributed by atoms with van der Waals surface area (Å²) in [6, 6.07) is 9.37. The average Bonchev–Trinajstić information content (AvgIpc) is 3.35. The molecule has 2 fully saturated rings. The van der Waals surface area contributed by atoms with Gasteiger partial charge in [0.1, 0.15) is 35.2 Å². The molecule has 0 radical (unpaired) electrons. The summed E-state index contributed by atoms with van der Waals surface area (Å²) in [5.74, 6) is -0.578. The zero-order valence-electron chi connectivity index (χ0n) is 24.1.